The van der Waals surface area contributed by atoms with E-state index in [0.717, 1.165) is 32.4 Å². The number of aliphatic imine (C=N–C) groups is 1. The van der Waals surface area contributed by atoms with E-state index in [4.69, 9.17) is 4.74 Å². The van der Waals surface area contributed by atoms with E-state index >= 15 is 0 Å². The van der Waals surface area contributed by atoms with Crippen molar-refractivity contribution in [2.75, 3.05) is 33.8 Å². The van der Waals surface area contributed by atoms with Crippen molar-refractivity contribution < 1.29 is 9.53 Å². The van der Waals surface area contributed by atoms with Gasteiger partial charge in [-0.15, -0.1) is 24.0 Å². The molecule has 6 nitrogen and oxygen atoms in total. The molecule has 0 aromatic heterocycles. The zero-order chi connectivity index (χ0) is 18.5. The maximum absolute atomic E-state index is 11.8. The number of likely N-dealkylation sites (N-methyl/N-ethyl adjacent to an activating group) is 1. The Kier molecular flexibility index (Phi) is 15.1. The third kappa shape index (κ3) is 11.9. The van der Waals surface area contributed by atoms with E-state index in [-0.39, 0.29) is 42.5 Å². The zero-order valence-electron chi connectivity index (χ0n) is 17.1. The fraction of sp³-hybridized carbons (Fsp3) is 0.895. The Bertz CT molecular complexity index is 399. The third-order valence-electron chi connectivity index (χ3n) is 4.52. The minimum atomic E-state index is 0. The van der Waals surface area contributed by atoms with Crippen LogP contribution in [0.2, 0.25) is 0 Å². The predicted molar refractivity (Wildman–Crippen MR) is 119 cm³/mol. The zero-order valence-corrected chi connectivity index (χ0v) is 19.4. The molecule has 26 heavy (non-hydrogen) atoms. The summed E-state index contributed by atoms with van der Waals surface area (Å²) < 4.78 is 5.77. The van der Waals surface area contributed by atoms with Crippen LogP contribution in [0.25, 0.3) is 0 Å². The maximum atomic E-state index is 11.8. The van der Waals surface area contributed by atoms with Gasteiger partial charge in [0.15, 0.2) is 5.96 Å². The molecule has 154 valence electrons. The Balaban J connectivity index is 0.00000625. The number of guanidine groups is 1. The molecule has 2 atom stereocenters. The van der Waals surface area contributed by atoms with Crippen LogP contribution in [0.5, 0.6) is 0 Å². The molecule has 1 amide bonds. The van der Waals surface area contributed by atoms with Crippen LogP contribution in [0.15, 0.2) is 4.99 Å². The Hall–Kier alpha value is -0.570. The van der Waals surface area contributed by atoms with Gasteiger partial charge in [-0.25, -0.2) is 4.99 Å². The third-order valence-corrected chi connectivity index (χ3v) is 4.52. The molecule has 1 aliphatic rings. The van der Waals surface area contributed by atoms with Gasteiger partial charge in [0.25, 0.3) is 0 Å². The van der Waals surface area contributed by atoms with Crippen molar-refractivity contribution in [3.63, 3.8) is 0 Å². The van der Waals surface area contributed by atoms with E-state index in [2.05, 4.69) is 29.5 Å². The van der Waals surface area contributed by atoms with Crippen LogP contribution < -0.4 is 10.6 Å². The van der Waals surface area contributed by atoms with Crippen LogP contribution in [-0.4, -0.2) is 62.7 Å². The highest BCUT2D eigenvalue weighted by molar-refractivity contribution is 14.0. The molecular weight excluding hydrogens is 443 g/mol. The Labute approximate surface area is 176 Å². The highest BCUT2D eigenvalue weighted by Crippen LogP contribution is 2.11. The highest BCUT2D eigenvalue weighted by atomic mass is 127. The van der Waals surface area contributed by atoms with Gasteiger partial charge in [-0.3, -0.25) is 4.79 Å². The number of hydrogen-bond donors (Lipinski definition) is 2. The van der Waals surface area contributed by atoms with Gasteiger partial charge in [-0.05, 0) is 32.6 Å². The second-order valence-corrected chi connectivity index (χ2v) is 7.22. The van der Waals surface area contributed by atoms with Gasteiger partial charge in [0.05, 0.1) is 6.10 Å². The first-order valence-corrected chi connectivity index (χ1v) is 9.89. The van der Waals surface area contributed by atoms with Gasteiger partial charge in [0.1, 0.15) is 6.54 Å². The van der Waals surface area contributed by atoms with Crippen LogP contribution >= 0.6 is 24.0 Å². The summed E-state index contributed by atoms with van der Waals surface area (Å²) in [6.07, 6.45) is 9.86. The van der Waals surface area contributed by atoms with Gasteiger partial charge in [-0.2, -0.15) is 0 Å². The molecule has 7 heteroatoms. The van der Waals surface area contributed by atoms with E-state index in [9.17, 15) is 4.79 Å². The lowest BCUT2D eigenvalue weighted by Gasteiger charge is -2.25. The van der Waals surface area contributed by atoms with E-state index < -0.39 is 0 Å². The van der Waals surface area contributed by atoms with Crippen LogP contribution in [0.4, 0.5) is 0 Å². The largest absolute Gasteiger partial charge is 0.376 e. The standard InChI is InChI=1S/C19H38N4O2.HI/c1-5-6-7-8-11-16(2)22-19(21-15-18(24)23(3)4)20-14-17-12-9-10-13-25-17;/h16-17H,5-15H2,1-4H3,(H2,20,21,22);1H. The Morgan fingerprint density at radius 2 is 2.04 bits per heavy atom. The second kappa shape index (κ2) is 15.5. The lowest BCUT2D eigenvalue weighted by Crippen LogP contribution is -2.46. The van der Waals surface area contributed by atoms with Crippen molar-refractivity contribution in [2.45, 2.75) is 77.4 Å². The summed E-state index contributed by atoms with van der Waals surface area (Å²) in [7, 11) is 3.51. The molecule has 0 aromatic carbocycles. The summed E-state index contributed by atoms with van der Waals surface area (Å²) >= 11 is 0. The first kappa shape index (κ1) is 25.4. The molecule has 2 N–H and O–H groups in total. The molecule has 1 aliphatic heterocycles. The molecule has 0 aliphatic carbocycles. The number of halogens is 1. The molecule has 0 spiro atoms. The molecule has 1 saturated heterocycles. The smallest absolute Gasteiger partial charge is 0.243 e. The van der Waals surface area contributed by atoms with E-state index in [0.29, 0.717) is 12.0 Å². The summed E-state index contributed by atoms with van der Waals surface area (Å²) in [5.74, 6) is 0.720. The van der Waals surface area contributed by atoms with Crippen LogP contribution in [0, 0.1) is 0 Å². The maximum Gasteiger partial charge on any atom is 0.243 e. The number of amides is 1. The molecule has 0 aromatic rings. The number of rotatable bonds is 10. The summed E-state index contributed by atoms with van der Waals surface area (Å²) in [6.45, 7) is 6.15. The van der Waals surface area contributed by atoms with Crippen molar-refractivity contribution in [2.24, 2.45) is 4.99 Å². The van der Waals surface area contributed by atoms with Crippen molar-refractivity contribution in [1.82, 2.24) is 15.5 Å². The van der Waals surface area contributed by atoms with Gasteiger partial charge in [0, 0.05) is 33.3 Å². The molecule has 1 rings (SSSR count). The molecule has 0 bridgehead atoms. The summed E-state index contributed by atoms with van der Waals surface area (Å²) in [6, 6.07) is 0.338. The van der Waals surface area contributed by atoms with Gasteiger partial charge < -0.3 is 20.3 Å². The molecule has 2 unspecified atom stereocenters. The van der Waals surface area contributed by atoms with E-state index in [1.54, 1.807) is 19.0 Å². The first-order chi connectivity index (χ1) is 12.0. The SMILES string of the molecule is CCCCCCC(C)NC(=NCC(=O)N(C)C)NCC1CCCCO1.I. The minimum absolute atomic E-state index is 0. The summed E-state index contributed by atoms with van der Waals surface area (Å²) in [5, 5.41) is 6.80. The van der Waals surface area contributed by atoms with Crippen molar-refractivity contribution in [3.8, 4) is 0 Å². The van der Waals surface area contributed by atoms with Gasteiger partial charge >= 0.3 is 0 Å². The monoisotopic (exact) mass is 482 g/mol. The average Bonchev–Trinajstić information content (AvgIpc) is 2.61. The quantitative estimate of drug-likeness (QED) is 0.217. The van der Waals surface area contributed by atoms with Crippen LogP contribution in [0.1, 0.15) is 65.2 Å². The molecular formula is C19H39IN4O2. The summed E-state index contributed by atoms with van der Waals surface area (Å²) in [5.41, 5.74) is 0. The number of ether oxygens (including phenoxy) is 1. The molecule has 0 radical (unpaired) electrons. The van der Waals surface area contributed by atoms with Crippen molar-refractivity contribution in [1.29, 1.82) is 0 Å². The number of hydrogen-bond acceptors (Lipinski definition) is 3. The topological polar surface area (TPSA) is 66.0 Å². The predicted octanol–water partition coefficient (Wildman–Crippen LogP) is 3.16. The van der Waals surface area contributed by atoms with Gasteiger partial charge in [-0.1, -0.05) is 32.6 Å². The first-order valence-electron chi connectivity index (χ1n) is 9.89. The molecule has 1 fully saturated rings. The Morgan fingerprint density at radius 1 is 1.27 bits per heavy atom. The van der Waals surface area contributed by atoms with Crippen molar-refractivity contribution >= 4 is 35.8 Å². The lowest BCUT2D eigenvalue weighted by atomic mass is 10.1. The molecule has 0 saturated carbocycles. The number of carbonyl (C=O) groups excluding carboxylic acids is 1. The number of unbranched alkanes of at least 4 members (excludes halogenated alkanes) is 3. The van der Waals surface area contributed by atoms with E-state index in [1.165, 1.54) is 32.1 Å². The number of carbonyl (C=O) groups is 1. The fourth-order valence-electron chi connectivity index (χ4n) is 2.80. The number of nitrogens with zero attached hydrogens (tertiary/aromatic N) is 2. The summed E-state index contributed by atoms with van der Waals surface area (Å²) in [4.78, 5) is 17.9. The van der Waals surface area contributed by atoms with Gasteiger partial charge in [0.2, 0.25) is 5.91 Å². The number of nitrogens with one attached hydrogen (secondary N) is 2. The van der Waals surface area contributed by atoms with Crippen LogP contribution in [-0.2, 0) is 9.53 Å². The van der Waals surface area contributed by atoms with Crippen molar-refractivity contribution in [3.05, 3.63) is 0 Å². The fourth-order valence-corrected chi connectivity index (χ4v) is 2.80. The Morgan fingerprint density at radius 3 is 2.65 bits per heavy atom. The average molecular weight is 482 g/mol. The lowest BCUT2D eigenvalue weighted by molar-refractivity contribution is -0.127. The normalized spacial score (nSPS) is 18.6. The highest BCUT2D eigenvalue weighted by Gasteiger charge is 2.15. The van der Waals surface area contributed by atoms with Crippen LogP contribution in [0.3, 0.4) is 0 Å². The minimum Gasteiger partial charge on any atom is -0.376 e. The van der Waals surface area contributed by atoms with E-state index in [1.807, 2.05) is 0 Å². The second-order valence-electron chi connectivity index (χ2n) is 7.22. The molecule has 1 heterocycles.